The fraction of sp³-hybridized carbons (Fsp3) is 0.286. The van der Waals surface area contributed by atoms with Crippen molar-refractivity contribution in [2.45, 2.75) is 19.5 Å². The minimum Gasteiger partial charge on any atom is -0.480 e. The minimum atomic E-state index is -0.833. The van der Waals surface area contributed by atoms with Gasteiger partial charge in [0, 0.05) is 22.5 Å². The topological polar surface area (TPSA) is 53.4 Å². The molecule has 1 aromatic carbocycles. The Balaban J connectivity index is 2.09. The van der Waals surface area contributed by atoms with Crippen molar-refractivity contribution in [1.82, 2.24) is 9.88 Å². The van der Waals surface area contributed by atoms with Crippen LogP contribution >= 0.6 is 22.9 Å². The first kappa shape index (κ1) is 15.0. The fourth-order valence-corrected chi connectivity index (χ4v) is 2.63. The van der Waals surface area contributed by atoms with Gasteiger partial charge in [-0.25, -0.2) is 4.98 Å². The highest BCUT2D eigenvalue weighted by Gasteiger charge is 2.17. The molecule has 0 aliphatic heterocycles. The third-order valence-electron chi connectivity index (χ3n) is 3.07. The lowest BCUT2D eigenvalue weighted by Crippen LogP contribution is -2.35. The largest absolute Gasteiger partial charge is 0.480 e. The molecule has 0 radical (unpaired) electrons. The SMILES string of the molecule is CC(C(=O)O)N(C)Cc1csc(-c2ccc(Cl)cc2)n1. The van der Waals surface area contributed by atoms with E-state index in [-0.39, 0.29) is 0 Å². The summed E-state index contributed by atoms with van der Waals surface area (Å²) in [5.41, 5.74) is 1.88. The predicted octanol–water partition coefficient (Wildman–Crippen LogP) is 3.37. The molecule has 1 aromatic heterocycles. The molecule has 106 valence electrons. The van der Waals surface area contributed by atoms with Gasteiger partial charge >= 0.3 is 5.97 Å². The van der Waals surface area contributed by atoms with Crippen LogP contribution in [-0.2, 0) is 11.3 Å². The van der Waals surface area contributed by atoms with Gasteiger partial charge in [0.2, 0.25) is 0 Å². The first-order chi connectivity index (χ1) is 9.47. The molecule has 2 rings (SSSR count). The van der Waals surface area contributed by atoms with Crippen LogP contribution in [0.15, 0.2) is 29.6 Å². The van der Waals surface area contributed by atoms with Crippen LogP contribution in [0.4, 0.5) is 0 Å². The molecule has 2 aromatic rings. The van der Waals surface area contributed by atoms with Gasteiger partial charge in [-0.05, 0) is 26.1 Å². The zero-order chi connectivity index (χ0) is 14.7. The number of carboxylic acids is 1. The summed E-state index contributed by atoms with van der Waals surface area (Å²) in [7, 11) is 1.78. The molecule has 0 fully saturated rings. The van der Waals surface area contributed by atoms with Gasteiger partial charge < -0.3 is 5.11 Å². The third-order valence-corrected chi connectivity index (χ3v) is 4.27. The molecule has 4 nitrogen and oxygen atoms in total. The standard InChI is InChI=1S/C14H15ClN2O2S/c1-9(14(18)19)17(2)7-12-8-20-13(16-12)10-3-5-11(15)6-4-10/h3-6,8-9H,7H2,1-2H3,(H,18,19). The molecule has 0 saturated heterocycles. The Kier molecular flexibility index (Phi) is 4.75. The number of carboxylic acid groups (broad SMARTS) is 1. The highest BCUT2D eigenvalue weighted by Crippen LogP contribution is 2.25. The monoisotopic (exact) mass is 310 g/mol. The van der Waals surface area contributed by atoms with E-state index in [1.807, 2.05) is 29.6 Å². The van der Waals surface area contributed by atoms with Crippen molar-refractivity contribution in [2.24, 2.45) is 0 Å². The Morgan fingerprint density at radius 3 is 2.70 bits per heavy atom. The molecule has 6 heteroatoms. The van der Waals surface area contributed by atoms with Crippen LogP contribution in [-0.4, -0.2) is 34.0 Å². The van der Waals surface area contributed by atoms with Gasteiger partial charge in [0.05, 0.1) is 5.69 Å². The molecule has 0 saturated carbocycles. The van der Waals surface area contributed by atoms with Crippen LogP contribution in [0.3, 0.4) is 0 Å². The maximum Gasteiger partial charge on any atom is 0.320 e. The number of halogens is 1. The number of carbonyl (C=O) groups is 1. The second-order valence-electron chi connectivity index (χ2n) is 4.58. The zero-order valence-electron chi connectivity index (χ0n) is 11.2. The number of benzene rings is 1. The van der Waals surface area contributed by atoms with Crippen molar-refractivity contribution in [3.05, 3.63) is 40.4 Å². The van der Waals surface area contributed by atoms with Gasteiger partial charge in [0.1, 0.15) is 11.0 Å². The molecule has 0 amide bonds. The predicted molar refractivity (Wildman–Crippen MR) is 81.1 cm³/mol. The molecular formula is C14H15ClN2O2S. The fourth-order valence-electron chi connectivity index (χ4n) is 1.69. The Morgan fingerprint density at radius 1 is 1.45 bits per heavy atom. The van der Waals surface area contributed by atoms with E-state index in [0.29, 0.717) is 11.6 Å². The lowest BCUT2D eigenvalue weighted by atomic mass is 10.2. The summed E-state index contributed by atoms with van der Waals surface area (Å²) in [6, 6.07) is 6.98. The third kappa shape index (κ3) is 3.56. The van der Waals surface area contributed by atoms with Gasteiger partial charge in [-0.2, -0.15) is 0 Å². The number of hydrogen-bond donors (Lipinski definition) is 1. The molecule has 0 spiro atoms. The molecule has 20 heavy (non-hydrogen) atoms. The Hall–Kier alpha value is -1.43. The number of likely N-dealkylation sites (N-methyl/N-ethyl adjacent to an activating group) is 1. The molecule has 0 bridgehead atoms. The lowest BCUT2D eigenvalue weighted by molar-refractivity contribution is -0.142. The van der Waals surface area contributed by atoms with Crippen LogP contribution in [0.1, 0.15) is 12.6 Å². The van der Waals surface area contributed by atoms with E-state index in [9.17, 15) is 4.79 Å². The highest BCUT2D eigenvalue weighted by atomic mass is 35.5. The molecule has 1 N–H and O–H groups in total. The number of hydrogen-bond acceptors (Lipinski definition) is 4. The average Bonchev–Trinajstić information content (AvgIpc) is 2.87. The van der Waals surface area contributed by atoms with Gasteiger partial charge in [0.15, 0.2) is 0 Å². The molecule has 0 aliphatic rings. The van der Waals surface area contributed by atoms with Crippen LogP contribution in [0.5, 0.6) is 0 Å². The molecule has 1 heterocycles. The van der Waals surface area contributed by atoms with Crippen LogP contribution in [0.2, 0.25) is 5.02 Å². The lowest BCUT2D eigenvalue weighted by Gasteiger charge is -2.19. The van der Waals surface area contributed by atoms with Gasteiger partial charge in [-0.15, -0.1) is 11.3 Å². The summed E-state index contributed by atoms with van der Waals surface area (Å²) in [5.74, 6) is -0.833. The number of nitrogens with zero attached hydrogens (tertiary/aromatic N) is 2. The summed E-state index contributed by atoms with van der Waals surface area (Å²) in [4.78, 5) is 17.2. The molecule has 0 aliphatic carbocycles. The van der Waals surface area contributed by atoms with Gasteiger partial charge in [-0.3, -0.25) is 9.69 Å². The van der Waals surface area contributed by atoms with E-state index in [4.69, 9.17) is 16.7 Å². The maximum absolute atomic E-state index is 10.9. The minimum absolute atomic E-state index is 0.511. The summed E-state index contributed by atoms with van der Waals surface area (Å²) in [5, 5.41) is 12.5. The number of thiazole rings is 1. The van der Waals surface area contributed by atoms with Gasteiger partial charge in [-0.1, -0.05) is 23.7 Å². The van der Waals surface area contributed by atoms with E-state index < -0.39 is 12.0 Å². The number of aliphatic carboxylic acids is 1. The van der Waals surface area contributed by atoms with Crippen LogP contribution < -0.4 is 0 Å². The summed E-state index contributed by atoms with van der Waals surface area (Å²) < 4.78 is 0. The Bertz CT molecular complexity index is 597. The van der Waals surface area contributed by atoms with Crippen molar-refractivity contribution in [2.75, 3.05) is 7.05 Å². The van der Waals surface area contributed by atoms with Crippen molar-refractivity contribution >= 4 is 28.9 Å². The van der Waals surface area contributed by atoms with Crippen molar-refractivity contribution < 1.29 is 9.90 Å². The summed E-state index contributed by atoms with van der Waals surface area (Å²) in [6.45, 7) is 2.17. The Labute approximate surface area is 126 Å². The van der Waals surface area contributed by atoms with E-state index in [1.165, 1.54) is 0 Å². The average molecular weight is 311 g/mol. The molecule has 1 atom stereocenters. The van der Waals surface area contributed by atoms with Gasteiger partial charge in [0.25, 0.3) is 0 Å². The van der Waals surface area contributed by atoms with E-state index >= 15 is 0 Å². The molecule has 1 unspecified atom stereocenters. The number of rotatable bonds is 5. The van der Waals surface area contributed by atoms with Crippen molar-refractivity contribution in [3.8, 4) is 10.6 Å². The summed E-state index contributed by atoms with van der Waals surface area (Å²) in [6.07, 6.45) is 0. The first-order valence-corrected chi connectivity index (χ1v) is 7.36. The van der Waals surface area contributed by atoms with E-state index in [1.54, 1.807) is 30.2 Å². The maximum atomic E-state index is 10.9. The van der Waals surface area contributed by atoms with E-state index in [2.05, 4.69) is 4.98 Å². The quantitative estimate of drug-likeness (QED) is 0.920. The van der Waals surface area contributed by atoms with Crippen molar-refractivity contribution in [1.29, 1.82) is 0 Å². The second kappa shape index (κ2) is 6.35. The zero-order valence-corrected chi connectivity index (χ0v) is 12.8. The summed E-state index contributed by atoms with van der Waals surface area (Å²) >= 11 is 7.40. The second-order valence-corrected chi connectivity index (χ2v) is 5.87. The first-order valence-electron chi connectivity index (χ1n) is 6.11. The van der Waals surface area contributed by atoms with Crippen molar-refractivity contribution in [3.63, 3.8) is 0 Å². The van der Waals surface area contributed by atoms with Crippen LogP contribution in [0, 0.1) is 0 Å². The van der Waals surface area contributed by atoms with E-state index in [0.717, 1.165) is 16.3 Å². The normalized spacial score (nSPS) is 12.6. The highest BCUT2D eigenvalue weighted by molar-refractivity contribution is 7.13. The van der Waals surface area contributed by atoms with Crippen LogP contribution in [0.25, 0.3) is 10.6 Å². The molecular weight excluding hydrogens is 296 g/mol. The number of aromatic nitrogens is 1. The smallest absolute Gasteiger partial charge is 0.320 e. The Morgan fingerprint density at radius 2 is 2.10 bits per heavy atom.